The van der Waals surface area contributed by atoms with Crippen LogP contribution in [0.1, 0.15) is 0 Å². The predicted octanol–water partition coefficient (Wildman–Crippen LogP) is 1.17. The van der Waals surface area contributed by atoms with Crippen molar-refractivity contribution >= 4 is 11.2 Å². The molecular weight excluding hydrogens is 425 g/mol. The Morgan fingerprint density at radius 2 is 1.94 bits per heavy atom. The lowest BCUT2D eigenvalue weighted by molar-refractivity contribution is -0.153. The Kier molecular flexibility index (Phi) is 6.65. The molecule has 3 aromatic rings. The van der Waals surface area contributed by atoms with Crippen LogP contribution in [-0.2, 0) is 18.3 Å². The van der Waals surface area contributed by atoms with Gasteiger partial charge in [-0.25, -0.2) is 4.79 Å². The number of ether oxygens (including phenoxy) is 3. The van der Waals surface area contributed by atoms with Crippen LogP contribution < -0.4 is 20.7 Å². The highest BCUT2D eigenvalue weighted by atomic mass is 19.4. The molecule has 1 aromatic carbocycles. The van der Waals surface area contributed by atoms with Gasteiger partial charge in [0.2, 0.25) is 0 Å². The second-order valence-electron chi connectivity index (χ2n) is 6.36. The first-order valence-electron chi connectivity index (χ1n) is 9.05. The molecular formula is C18H19F3N4O6. The molecule has 13 heteroatoms. The first-order chi connectivity index (χ1) is 14.7. The fourth-order valence-corrected chi connectivity index (χ4v) is 2.70. The van der Waals surface area contributed by atoms with Crippen LogP contribution in [0.2, 0.25) is 0 Å². The molecule has 0 radical (unpaired) electrons. The van der Waals surface area contributed by atoms with E-state index in [0.29, 0.717) is 0 Å². The van der Waals surface area contributed by atoms with E-state index in [0.717, 1.165) is 9.13 Å². The van der Waals surface area contributed by atoms with Gasteiger partial charge in [0.1, 0.15) is 11.5 Å². The van der Waals surface area contributed by atoms with Gasteiger partial charge in [-0.1, -0.05) is 6.07 Å². The Morgan fingerprint density at radius 3 is 2.65 bits per heavy atom. The summed E-state index contributed by atoms with van der Waals surface area (Å²) in [6.45, 7) is -1.55. The van der Waals surface area contributed by atoms with Crippen LogP contribution >= 0.6 is 0 Å². The largest absolute Gasteiger partial charge is 0.484 e. The smallest absolute Gasteiger partial charge is 0.422 e. The Hall–Kier alpha value is -3.32. The van der Waals surface area contributed by atoms with Crippen molar-refractivity contribution in [1.29, 1.82) is 0 Å². The molecule has 0 fully saturated rings. The number of hydrogen-bond acceptors (Lipinski definition) is 7. The number of benzene rings is 1. The van der Waals surface area contributed by atoms with Gasteiger partial charge in [0.15, 0.2) is 17.8 Å². The predicted molar refractivity (Wildman–Crippen MR) is 102 cm³/mol. The number of imidazole rings is 1. The molecule has 2 N–H and O–H groups in total. The normalized spacial score (nSPS) is 11.8. The van der Waals surface area contributed by atoms with Crippen LogP contribution in [-0.4, -0.2) is 56.8 Å². The molecule has 0 amide bonds. The van der Waals surface area contributed by atoms with E-state index >= 15 is 0 Å². The highest BCUT2D eigenvalue weighted by Crippen LogP contribution is 2.25. The van der Waals surface area contributed by atoms with Crippen molar-refractivity contribution in [2.45, 2.75) is 12.7 Å². The fraction of sp³-hybridized carbons (Fsp3) is 0.389. The minimum atomic E-state index is -4.48. The Balaban J connectivity index is 1.84. The van der Waals surface area contributed by atoms with Crippen molar-refractivity contribution in [3.05, 3.63) is 45.1 Å². The third kappa shape index (κ3) is 5.44. The van der Waals surface area contributed by atoms with Gasteiger partial charge in [-0.15, -0.1) is 0 Å². The van der Waals surface area contributed by atoms with Gasteiger partial charge in [0.05, 0.1) is 26.4 Å². The molecule has 0 aliphatic carbocycles. The zero-order valence-corrected chi connectivity index (χ0v) is 16.3. The van der Waals surface area contributed by atoms with E-state index in [1.54, 1.807) is 0 Å². The first-order valence-corrected chi connectivity index (χ1v) is 9.05. The number of aromatic amines is 1. The maximum absolute atomic E-state index is 12.7. The standard InChI is InChI=1S/C18H19F3N4O6/c1-24-14-13(15(27)25(17(24)28)5-7-29-8-6-26)22-16(23-14)31-12-4-2-3-11(9-12)30-10-18(19,20)21/h2-4,9,26H,5-8,10H2,1H3,(H,22,23). The number of aryl methyl sites for hydroxylation is 1. The van der Waals surface area contributed by atoms with E-state index < -0.39 is 24.0 Å². The van der Waals surface area contributed by atoms with Crippen molar-refractivity contribution in [2.24, 2.45) is 7.05 Å². The highest BCUT2D eigenvalue weighted by Gasteiger charge is 2.28. The molecule has 0 saturated carbocycles. The Labute approximate surface area is 172 Å². The van der Waals surface area contributed by atoms with Crippen LogP contribution in [0.4, 0.5) is 13.2 Å². The minimum absolute atomic E-state index is 0.00346. The van der Waals surface area contributed by atoms with Gasteiger partial charge in [-0.2, -0.15) is 18.2 Å². The second-order valence-corrected chi connectivity index (χ2v) is 6.36. The number of rotatable bonds is 9. The molecule has 0 aliphatic heterocycles. The average molecular weight is 444 g/mol. The molecule has 10 nitrogen and oxygen atoms in total. The van der Waals surface area contributed by atoms with Gasteiger partial charge in [0, 0.05) is 13.1 Å². The molecule has 0 spiro atoms. The number of hydrogen-bond donors (Lipinski definition) is 2. The number of H-pyrrole nitrogens is 1. The van der Waals surface area contributed by atoms with Gasteiger partial charge in [0.25, 0.3) is 5.56 Å². The summed E-state index contributed by atoms with van der Waals surface area (Å²) >= 11 is 0. The van der Waals surface area contributed by atoms with Gasteiger partial charge >= 0.3 is 17.9 Å². The summed E-state index contributed by atoms with van der Waals surface area (Å²) in [6, 6.07) is 5.32. The summed E-state index contributed by atoms with van der Waals surface area (Å²) in [5.41, 5.74) is -1.22. The van der Waals surface area contributed by atoms with E-state index in [1.165, 1.54) is 31.3 Å². The second kappa shape index (κ2) is 9.22. The monoisotopic (exact) mass is 444 g/mol. The molecule has 2 heterocycles. The number of aliphatic hydroxyl groups excluding tert-OH is 1. The zero-order valence-electron chi connectivity index (χ0n) is 16.3. The Morgan fingerprint density at radius 1 is 1.19 bits per heavy atom. The number of fused-ring (bicyclic) bond motifs is 1. The van der Waals surface area contributed by atoms with Crippen molar-refractivity contribution in [2.75, 3.05) is 26.4 Å². The highest BCUT2D eigenvalue weighted by molar-refractivity contribution is 5.70. The average Bonchev–Trinajstić information content (AvgIpc) is 3.14. The van der Waals surface area contributed by atoms with Gasteiger partial charge in [-0.3, -0.25) is 13.9 Å². The van der Waals surface area contributed by atoms with Gasteiger partial charge in [-0.05, 0) is 12.1 Å². The van der Waals surface area contributed by atoms with Crippen LogP contribution in [0.25, 0.3) is 11.2 Å². The molecule has 0 aliphatic rings. The maximum atomic E-state index is 12.7. The summed E-state index contributed by atoms with van der Waals surface area (Å²) in [5.74, 6) is 0.0463. The molecule has 0 saturated heterocycles. The Bertz CT molecular complexity index is 1170. The fourth-order valence-electron chi connectivity index (χ4n) is 2.70. The van der Waals surface area contributed by atoms with Gasteiger partial charge < -0.3 is 24.3 Å². The summed E-state index contributed by atoms with van der Waals surface area (Å²) < 4.78 is 54.3. The molecule has 0 unspecified atom stereocenters. The number of aromatic nitrogens is 4. The van der Waals surface area contributed by atoms with Crippen molar-refractivity contribution in [1.82, 2.24) is 19.1 Å². The zero-order chi connectivity index (χ0) is 22.6. The van der Waals surface area contributed by atoms with Crippen LogP contribution in [0.5, 0.6) is 17.5 Å². The van der Waals surface area contributed by atoms with Crippen molar-refractivity contribution < 1.29 is 32.5 Å². The van der Waals surface area contributed by atoms with Crippen LogP contribution in [0.3, 0.4) is 0 Å². The van der Waals surface area contributed by atoms with E-state index in [4.69, 9.17) is 14.6 Å². The van der Waals surface area contributed by atoms with Crippen molar-refractivity contribution in [3.63, 3.8) is 0 Å². The van der Waals surface area contributed by atoms with E-state index in [2.05, 4.69) is 14.7 Å². The summed E-state index contributed by atoms with van der Waals surface area (Å²) in [6.07, 6.45) is -4.48. The number of alkyl halides is 3. The molecule has 3 rings (SSSR count). The third-order valence-electron chi connectivity index (χ3n) is 4.07. The van der Waals surface area contributed by atoms with Crippen molar-refractivity contribution in [3.8, 4) is 17.5 Å². The molecule has 31 heavy (non-hydrogen) atoms. The lowest BCUT2D eigenvalue weighted by atomic mass is 10.3. The van der Waals surface area contributed by atoms with Crippen LogP contribution in [0.15, 0.2) is 33.9 Å². The molecule has 0 bridgehead atoms. The molecule has 0 atom stereocenters. The first kappa shape index (κ1) is 22.4. The molecule has 168 valence electrons. The quantitative estimate of drug-likeness (QED) is 0.475. The number of halogens is 3. The number of nitrogens with zero attached hydrogens (tertiary/aromatic N) is 3. The number of aliphatic hydroxyl groups is 1. The summed E-state index contributed by atoms with van der Waals surface area (Å²) in [4.78, 5) is 31.9. The SMILES string of the molecule is Cn1c(=O)n(CCOCCO)c(=O)c2[nH]c(Oc3cccc(OCC(F)(F)F)c3)nc21. The summed E-state index contributed by atoms with van der Waals surface area (Å²) in [5, 5.41) is 8.72. The number of nitrogens with one attached hydrogen (secondary N) is 1. The van der Waals surface area contributed by atoms with E-state index in [9.17, 15) is 22.8 Å². The molecule has 2 aromatic heterocycles. The van der Waals surface area contributed by atoms with E-state index in [1.807, 2.05) is 0 Å². The van der Waals surface area contributed by atoms with Crippen LogP contribution in [0, 0.1) is 0 Å². The lowest BCUT2D eigenvalue weighted by Crippen LogP contribution is -2.40. The minimum Gasteiger partial charge on any atom is -0.484 e. The topological polar surface area (TPSA) is 121 Å². The summed E-state index contributed by atoms with van der Waals surface area (Å²) in [7, 11) is 1.42. The van der Waals surface area contributed by atoms with E-state index in [-0.39, 0.29) is 55.0 Å². The lowest BCUT2D eigenvalue weighted by Gasteiger charge is -2.10. The third-order valence-corrected chi connectivity index (χ3v) is 4.07. The maximum Gasteiger partial charge on any atom is 0.422 e.